The van der Waals surface area contributed by atoms with Crippen LogP contribution in [0.4, 0.5) is 5.95 Å². The van der Waals surface area contributed by atoms with Crippen LogP contribution in [-0.4, -0.2) is 58.6 Å². The van der Waals surface area contributed by atoms with E-state index in [2.05, 4.69) is 47.6 Å². The Balaban J connectivity index is 1.25. The number of hydrogen-bond donors (Lipinski definition) is 2. The van der Waals surface area contributed by atoms with Crippen LogP contribution < -0.4 is 9.46 Å². The summed E-state index contributed by atoms with van der Waals surface area (Å²) in [5, 5.41) is 11.4. The Hall–Kier alpha value is -4.28. The lowest BCUT2D eigenvalue weighted by Gasteiger charge is -2.64. The van der Waals surface area contributed by atoms with Crippen molar-refractivity contribution in [3.63, 3.8) is 0 Å². The number of carbonyl (C=O) groups is 1. The van der Waals surface area contributed by atoms with Crippen LogP contribution in [0.15, 0.2) is 83.8 Å². The first-order chi connectivity index (χ1) is 23.6. The van der Waals surface area contributed by atoms with Crippen LogP contribution in [0.3, 0.4) is 0 Å². The third-order valence-corrected chi connectivity index (χ3v) is 11.8. The molecule has 2 saturated carbocycles. The normalized spacial score (nSPS) is 26.0. The lowest BCUT2D eigenvalue weighted by atomic mass is 9.47. The largest absolute Gasteiger partial charge is 0.475 e. The molecule has 2 N–H and O–H groups in total. The van der Waals surface area contributed by atoms with Crippen molar-refractivity contribution in [2.24, 2.45) is 10.8 Å². The highest BCUT2D eigenvalue weighted by Gasteiger charge is 2.61. The van der Waals surface area contributed by atoms with Gasteiger partial charge in [-0.25, -0.2) is 18.1 Å². The predicted molar refractivity (Wildman–Crippen MR) is 194 cm³/mol. The molecule has 1 aromatic heterocycles. The fourth-order valence-electron chi connectivity index (χ4n) is 8.64. The summed E-state index contributed by atoms with van der Waals surface area (Å²) in [6.45, 7) is 10.6. The first kappa shape index (κ1) is 34.2. The smallest absolute Gasteiger partial charge is 0.264 e. The van der Waals surface area contributed by atoms with Crippen molar-refractivity contribution in [3.8, 4) is 17.1 Å². The van der Waals surface area contributed by atoms with E-state index in [1.54, 1.807) is 18.2 Å². The maximum atomic E-state index is 14.6. The molecule has 4 aromatic rings. The summed E-state index contributed by atoms with van der Waals surface area (Å²) >= 11 is 0. The molecule has 3 aliphatic rings. The highest BCUT2D eigenvalue weighted by atomic mass is 32.2. The van der Waals surface area contributed by atoms with Gasteiger partial charge in [0.2, 0.25) is 11.8 Å². The van der Waals surface area contributed by atoms with Crippen LogP contribution in [0.2, 0.25) is 0 Å². The number of benzene rings is 3. The Morgan fingerprint density at radius 2 is 1.62 bits per heavy atom. The molecule has 50 heavy (non-hydrogen) atoms. The fourth-order valence-corrected chi connectivity index (χ4v) is 9.63. The zero-order chi connectivity index (χ0) is 35.5. The monoisotopic (exact) mass is 694 g/mol. The van der Waals surface area contributed by atoms with Gasteiger partial charge in [-0.05, 0) is 91.7 Å². The highest BCUT2D eigenvalue weighted by Crippen LogP contribution is 2.62. The molecule has 2 heterocycles. The number of anilines is 1. The van der Waals surface area contributed by atoms with Crippen LogP contribution in [0.1, 0.15) is 79.9 Å². The predicted octanol–water partition coefficient (Wildman–Crippen LogP) is 7.12. The van der Waals surface area contributed by atoms with Crippen LogP contribution in [0, 0.1) is 24.7 Å². The van der Waals surface area contributed by atoms with Gasteiger partial charge in [0.05, 0.1) is 22.2 Å². The van der Waals surface area contributed by atoms with Crippen molar-refractivity contribution in [3.05, 3.63) is 101 Å². The van der Waals surface area contributed by atoms with Crippen LogP contribution in [0.5, 0.6) is 5.88 Å². The Kier molecular flexibility index (Phi) is 8.54. The molecule has 1 aliphatic heterocycles. The van der Waals surface area contributed by atoms with Crippen LogP contribution in [0.25, 0.3) is 11.3 Å². The van der Waals surface area contributed by atoms with E-state index in [-0.39, 0.29) is 52.2 Å². The SMILES string of the molecule is Cc1cccc(C)c1-c1cc2nc(n1)NS(=O)(=O)c1cccc(c1)C(=O)N([C@H]1CC3(C1)C[C@](O)(Cc1ccccc1)C3)[C@H](CC(C)(C)C)CO2. The van der Waals surface area contributed by atoms with Gasteiger partial charge in [0.1, 0.15) is 6.61 Å². The minimum atomic E-state index is -4.15. The third-order valence-electron chi connectivity index (χ3n) is 10.5. The molecule has 2 fully saturated rings. The maximum absolute atomic E-state index is 14.6. The highest BCUT2D eigenvalue weighted by molar-refractivity contribution is 7.92. The number of rotatable bonds is 5. The number of aromatic nitrogens is 2. The van der Waals surface area contributed by atoms with Gasteiger partial charge < -0.3 is 14.7 Å². The molecule has 0 saturated heterocycles. The van der Waals surface area contributed by atoms with Gasteiger partial charge in [-0.3, -0.25) is 4.79 Å². The van der Waals surface area contributed by atoms with E-state index in [4.69, 9.17) is 4.74 Å². The molecule has 3 aromatic carbocycles. The van der Waals surface area contributed by atoms with Gasteiger partial charge in [-0.1, -0.05) is 75.4 Å². The summed E-state index contributed by atoms with van der Waals surface area (Å²) in [5.74, 6) is -0.108. The molecule has 0 radical (unpaired) electrons. The van der Waals surface area contributed by atoms with Crippen LogP contribution >= 0.6 is 0 Å². The van der Waals surface area contributed by atoms with E-state index in [0.29, 0.717) is 36.9 Å². The van der Waals surface area contributed by atoms with Crippen molar-refractivity contribution in [2.45, 2.75) is 95.7 Å². The van der Waals surface area contributed by atoms with Gasteiger partial charge in [-0.2, -0.15) is 4.98 Å². The Labute approximate surface area is 295 Å². The van der Waals surface area contributed by atoms with Crippen molar-refractivity contribution in [1.82, 2.24) is 14.9 Å². The summed E-state index contributed by atoms with van der Waals surface area (Å²) in [6, 6.07) is 23.5. The quantitative estimate of drug-likeness (QED) is 0.228. The van der Waals surface area contributed by atoms with Crippen molar-refractivity contribution in [2.75, 3.05) is 11.3 Å². The summed E-state index contributed by atoms with van der Waals surface area (Å²) in [6.07, 6.45) is 4.19. The van der Waals surface area contributed by atoms with E-state index in [1.165, 1.54) is 12.1 Å². The van der Waals surface area contributed by atoms with E-state index in [0.717, 1.165) is 35.1 Å². The maximum Gasteiger partial charge on any atom is 0.264 e. The summed E-state index contributed by atoms with van der Waals surface area (Å²) < 4.78 is 36.5. The van der Waals surface area contributed by atoms with Gasteiger partial charge in [0.25, 0.3) is 15.9 Å². The third kappa shape index (κ3) is 6.88. The number of amides is 1. The minimum Gasteiger partial charge on any atom is -0.475 e. The zero-order valence-electron chi connectivity index (χ0n) is 29.4. The number of aryl methyl sites for hydroxylation is 2. The summed E-state index contributed by atoms with van der Waals surface area (Å²) in [4.78, 5) is 25.7. The standard InChI is InChI=1S/C40H46N4O5S/c1-26-11-9-12-27(2)35(26)33-18-34-42-37(41-33)43-50(47,48)32-16-10-15-29(17-32)36(45)44(31(23-49-34)20-38(3,4)5)30-21-39(22-30)24-40(46,25-39)19-28-13-7-6-8-14-28/h6-18,30-31,46H,19-25H2,1-5H3,(H,41,42,43)/t30-,31-,39?,40-/m1/s1. The number of nitrogens with zero attached hydrogens (tertiary/aromatic N) is 3. The molecule has 1 spiro atoms. The van der Waals surface area contributed by atoms with Gasteiger partial charge in [-0.15, -0.1) is 0 Å². The molecular formula is C40H46N4O5S. The lowest BCUT2D eigenvalue weighted by Crippen LogP contribution is -2.65. The number of aliphatic hydroxyl groups is 1. The van der Waals surface area contributed by atoms with Crippen molar-refractivity contribution < 1.29 is 23.1 Å². The number of carbonyl (C=O) groups excluding carboxylic acids is 1. The number of sulfonamides is 1. The molecule has 1 amide bonds. The van der Waals surface area contributed by atoms with Crippen molar-refractivity contribution in [1.29, 1.82) is 0 Å². The fraction of sp³-hybridized carbons (Fsp3) is 0.425. The van der Waals surface area contributed by atoms with Gasteiger partial charge in [0.15, 0.2) is 0 Å². The van der Waals surface area contributed by atoms with Gasteiger partial charge in [0, 0.05) is 29.7 Å². The topological polar surface area (TPSA) is 122 Å². The molecular weight excluding hydrogens is 649 g/mol. The number of nitrogens with one attached hydrogen (secondary N) is 1. The average molecular weight is 695 g/mol. The van der Waals surface area contributed by atoms with E-state index < -0.39 is 15.6 Å². The zero-order valence-corrected chi connectivity index (χ0v) is 30.3. The van der Waals surface area contributed by atoms with E-state index >= 15 is 0 Å². The molecule has 0 unspecified atom stereocenters. The van der Waals surface area contributed by atoms with Crippen LogP contribution in [-0.2, 0) is 16.4 Å². The first-order valence-electron chi connectivity index (χ1n) is 17.4. The Morgan fingerprint density at radius 3 is 2.30 bits per heavy atom. The molecule has 9 nitrogen and oxygen atoms in total. The Bertz CT molecular complexity index is 2010. The molecule has 2 aliphatic carbocycles. The number of fused-ring (bicyclic) bond motifs is 4. The second kappa shape index (κ2) is 12.5. The molecule has 262 valence electrons. The van der Waals surface area contributed by atoms with E-state index in [1.807, 2.05) is 55.1 Å². The Morgan fingerprint density at radius 1 is 0.940 bits per heavy atom. The average Bonchev–Trinajstić information content (AvgIpc) is 3.01. The second-order valence-corrected chi connectivity index (χ2v) is 17.7. The summed E-state index contributed by atoms with van der Waals surface area (Å²) in [7, 11) is -4.15. The molecule has 10 heteroatoms. The van der Waals surface area contributed by atoms with Crippen molar-refractivity contribution >= 4 is 21.9 Å². The number of hydrogen-bond acceptors (Lipinski definition) is 7. The van der Waals surface area contributed by atoms with Gasteiger partial charge >= 0.3 is 0 Å². The first-order valence-corrected chi connectivity index (χ1v) is 18.9. The summed E-state index contributed by atoms with van der Waals surface area (Å²) in [5.41, 5.74) is 3.88. The molecule has 4 bridgehead atoms. The second-order valence-electron chi connectivity index (χ2n) is 16.1. The number of ether oxygens (including phenoxy) is 1. The molecule has 7 rings (SSSR count). The van der Waals surface area contributed by atoms with E-state index in [9.17, 15) is 18.3 Å². The molecule has 1 atom stereocenters. The lowest BCUT2D eigenvalue weighted by molar-refractivity contribution is -0.184. The minimum absolute atomic E-state index is 0.0280.